The van der Waals surface area contributed by atoms with Gasteiger partial charge in [-0.3, -0.25) is 4.79 Å². The standard InChI is InChI=1S/C23H31NO5S/c1-14(25)4-3-5-16-12-19-15(13-21(16)29-30(24,27)28)6-7-18-17(19)10-11-23(2)20(18)8-9-22(23)26/h12-13,17-18,20H,3-11H2,1-2H3,(H2,24,27,28)/t17-,18+,20-,23-/m0/s1. The number of hydrogen-bond acceptors (Lipinski definition) is 5. The number of hydrogen-bond donors (Lipinski definition) is 1. The van der Waals surface area contributed by atoms with Crippen molar-refractivity contribution < 1.29 is 22.2 Å². The Hall–Kier alpha value is -1.73. The topological polar surface area (TPSA) is 104 Å². The lowest BCUT2D eigenvalue weighted by Gasteiger charge is -2.48. The number of Topliss-reactive ketones (excluding diaryl/α,β-unsaturated/α-hetero) is 2. The molecule has 2 fully saturated rings. The number of fused-ring (bicyclic) bond motifs is 5. The van der Waals surface area contributed by atoms with Crippen molar-refractivity contribution >= 4 is 21.9 Å². The number of carbonyl (C=O) groups excluding carboxylic acids is 2. The Kier molecular flexibility index (Phi) is 5.56. The van der Waals surface area contributed by atoms with Crippen LogP contribution in [0.5, 0.6) is 5.75 Å². The van der Waals surface area contributed by atoms with Crippen LogP contribution in [0.1, 0.15) is 81.4 Å². The smallest absolute Gasteiger partial charge is 0.371 e. The van der Waals surface area contributed by atoms with Crippen LogP contribution in [0.3, 0.4) is 0 Å². The van der Waals surface area contributed by atoms with E-state index in [0.717, 1.165) is 43.2 Å². The first-order valence-corrected chi connectivity index (χ1v) is 12.5. The fraction of sp³-hybridized carbons (Fsp3) is 0.652. The number of carbonyl (C=O) groups is 2. The molecule has 0 spiro atoms. The first-order valence-electron chi connectivity index (χ1n) is 11.0. The van der Waals surface area contributed by atoms with E-state index in [1.807, 2.05) is 6.07 Å². The van der Waals surface area contributed by atoms with Crippen LogP contribution in [0.4, 0.5) is 0 Å². The van der Waals surface area contributed by atoms with Crippen molar-refractivity contribution in [2.24, 2.45) is 22.4 Å². The van der Waals surface area contributed by atoms with E-state index in [0.29, 0.717) is 49.2 Å². The fourth-order valence-corrected chi connectivity index (χ4v) is 6.75. The van der Waals surface area contributed by atoms with Crippen LogP contribution in [0.2, 0.25) is 0 Å². The SMILES string of the molecule is CC(=O)CCCc1cc2c(cc1OS(N)(=O)=O)CC[C@@H]1[C@@H]2CC[C@]2(C)C(=O)CC[C@@H]12. The van der Waals surface area contributed by atoms with Gasteiger partial charge in [-0.1, -0.05) is 13.0 Å². The summed E-state index contributed by atoms with van der Waals surface area (Å²) in [6.07, 6.45) is 7.12. The molecule has 3 aliphatic rings. The molecule has 1 aromatic rings. The second-order valence-corrected chi connectivity index (χ2v) is 10.8. The quantitative estimate of drug-likeness (QED) is 0.738. The molecule has 0 heterocycles. The molecular formula is C23H31NO5S. The number of benzene rings is 1. The van der Waals surface area contributed by atoms with Gasteiger partial charge in [0.15, 0.2) is 0 Å². The molecule has 0 amide bonds. The Morgan fingerprint density at radius 1 is 1.23 bits per heavy atom. The summed E-state index contributed by atoms with van der Waals surface area (Å²) in [6.45, 7) is 3.72. The predicted molar refractivity (Wildman–Crippen MR) is 113 cm³/mol. The van der Waals surface area contributed by atoms with Gasteiger partial charge in [0.1, 0.15) is 17.3 Å². The minimum Gasteiger partial charge on any atom is -0.371 e. The highest BCUT2D eigenvalue weighted by molar-refractivity contribution is 7.84. The number of aryl methyl sites for hydroxylation is 2. The van der Waals surface area contributed by atoms with Crippen molar-refractivity contribution in [1.29, 1.82) is 0 Å². The lowest BCUT2D eigenvalue weighted by atomic mass is 9.55. The first kappa shape index (κ1) is 21.5. The van der Waals surface area contributed by atoms with Gasteiger partial charge in [0.25, 0.3) is 0 Å². The molecule has 0 bridgehead atoms. The molecule has 0 radical (unpaired) electrons. The lowest BCUT2D eigenvalue weighted by Crippen LogP contribution is -2.42. The summed E-state index contributed by atoms with van der Waals surface area (Å²) in [4.78, 5) is 23.9. The Balaban J connectivity index is 1.68. The second-order valence-electron chi connectivity index (χ2n) is 9.62. The zero-order valence-electron chi connectivity index (χ0n) is 17.8. The van der Waals surface area contributed by atoms with Gasteiger partial charge in [0.2, 0.25) is 0 Å². The summed E-state index contributed by atoms with van der Waals surface area (Å²) >= 11 is 0. The number of nitrogens with two attached hydrogens (primary N) is 1. The minimum absolute atomic E-state index is 0.111. The molecule has 2 saturated carbocycles. The molecule has 6 nitrogen and oxygen atoms in total. The van der Waals surface area contributed by atoms with Gasteiger partial charge >= 0.3 is 10.3 Å². The molecule has 0 aromatic heterocycles. The van der Waals surface area contributed by atoms with Crippen LogP contribution in [0.25, 0.3) is 0 Å². The average Bonchev–Trinajstić information content (AvgIpc) is 2.95. The number of rotatable bonds is 6. The van der Waals surface area contributed by atoms with Crippen LogP contribution in [-0.2, 0) is 32.7 Å². The molecule has 2 N–H and O–H groups in total. The predicted octanol–water partition coefficient (Wildman–Crippen LogP) is 3.61. The molecule has 30 heavy (non-hydrogen) atoms. The molecule has 0 unspecified atom stereocenters. The summed E-state index contributed by atoms with van der Waals surface area (Å²) in [7, 11) is -4.12. The van der Waals surface area contributed by atoms with Crippen molar-refractivity contribution in [1.82, 2.24) is 0 Å². The average molecular weight is 434 g/mol. The summed E-state index contributed by atoms with van der Waals surface area (Å²) < 4.78 is 28.3. The van der Waals surface area contributed by atoms with Crippen molar-refractivity contribution in [2.75, 3.05) is 0 Å². The van der Waals surface area contributed by atoms with Crippen LogP contribution < -0.4 is 9.32 Å². The molecule has 7 heteroatoms. The Morgan fingerprint density at radius 2 is 2.00 bits per heavy atom. The molecule has 4 atom stereocenters. The van der Waals surface area contributed by atoms with Crippen LogP contribution in [0, 0.1) is 17.3 Å². The van der Waals surface area contributed by atoms with Crippen molar-refractivity contribution in [3.63, 3.8) is 0 Å². The van der Waals surface area contributed by atoms with Crippen LogP contribution >= 0.6 is 0 Å². The molecule has 0 saturated heterocycles. The van der Waals surface area contributed by atoms with E-state index in [2.05, 4.69) is 13.0 Å². The van der Waals surface area contributed by atoms with E-state index < -0.39 is 10.3 Å². The highest BCUT2D eigenvalue weighted by Gasteiger charge is 2.54. The van der Waals surface area contributed by atoms with Crippen molar-refractivity contribution in [3.8, 4) is 5.75 Å². The van der Waals surface area contributed by atoms with E-state index in [1.54, 1.807) is 6.92 Å². The van der Waals surface area contributed by atoms with Crippen LogP contribution in [-0.4, -0.2) is 20.0 Å². The van der Waals surface area contributed by atoms with Crippen molar-refractivity contribution in [3.05, 3.63) is 28.8 Å². The Morgan fingerprint density at radius 3 is 2.70 bits per heavy atom. The second kappa shape index (κ2) is 7.75. The molecule has 4 rings (SSSR count). The molecular weight excluding hydrogens is 402 g/mol. The minimum atomic E-state index is -4.12. The van der Waals surface area contributed by atoms with E-state index in [-0.39, 0.29) is 16.9 Å². The van der Waals surface area contributed by atoms with E-state index in [9.17, 15) is 18.0 Å². The zero-order chi connectivity index (χ0) is 21.7. The lowest BCUT2D eigenvalue weighted by molar-refractivity contribution is -0.129. The molecule has 0 aliphatic heterocycles. The van der Waals surface area contributed by atoms with Gasteiger partial charge in [-0.15, -0.1) is 0 Å². The molecule has 164 valence electrons. The van der Waals surface area contributed by atoms with Crippen molar-refractivity contribution in [2.45, 2.75) is 77.6 Å². The third kappa shape index (κ3) is 3.94. The maximum atomic E-state index is 12.5. The highest BCUT2D eigenvalue weighted by atomic mass is 32.2. The summed E-state index contributed by atoms with van der Waals surface area (Å²) in [5, 5.41) is 5.15. The van der Waals surface area contributed by atoms with Gasteiger partial charge in [0, 0.05) is 18.3 Å². The third-order valence-electron chi connectivity index (χ3n) is 7.80. The third-order valence-corrected chi connectivity index (χ3v) is 8.21. The van der Waals surface area contributed by atoms with E-state index in [1.165, 1.54) is 5.56 Å². The highest BCUT2D eigenvalue weighted by Crippen LogP contribution is 2.59. The maximum Gasteiger partial charge on any atom is 0.380 e. The van der Waals surface area contributed by atoms with E-state index in [4.69, 9.17) is 9.32 Å². The Bertz CT molecular complexity index is 986. The van der Waals surface area contributed by atoms with Gasteiger partial charge in [-0.25, -0.2) is 0 Å². The van der Waals surface area contributed by atoms with Gasteiger partial charge in [-0.05, 0) is 92.4 Å². The molecule has 1 aromatic carbocycles. The fourth-order valence-electron chi connectivity index (χ4n) is 6.34. The first-order chi connectivity index (χ1) is 14.1. The number of ketones is 2. The summed E-state index contributed by atoms with van der Waals surface area (Å²) in [6, 6.07) is 3.93. The van der Waals surface area contributed by atoms with E-state index >= 15 is 0 Å². The maximum absolute atomic E-state index is 12.5. The largest absolute Gasteiger partial charge is 0.380 e. The van der Waals surface area contributed by atoms with Gasteiger partial charge < -0.3 is 8.98 Å². The van der Waals surface area contributed by atoms with Gasteiger partial charge in [-0.2, -0.15) is 13.6 Å². The zero-order valence-corrected chi connectivity index (χ0v) is 18.6. The van der Waals surface area contributed by atoms with Gasteiger partial charge in [0.05, 0.1) is 0 Å². The summed E-state index contributed by atoms with van der Waals surface area (Å²) in [5.74, 6) is 2.16. The monoisotopic (exact) mass is 433 g/mol. The Labute approximate surface area is 178 Å². The van der Waals surface area contributed by atoms with Crippen LogP contribution in [0.15, 0.2) is 12.1 Å². The molecule has 3 aliphatic carbocycles. The summed E-state index contributed by atoms with van der Waals surface area (Å²) in [5.41, 5.74) is 3.02. The normalized spacial score (nSPS) is 30.4.